The summed E-state index contributed by atoms with van der Waals surface area (Å²) in [6.07, 6.45) is 3.64. The summed E-state index contributed by atoms with van der Waals surface area (Å²) in [6, 6.07) is 9.37. The number of aromatic nitrogens is 1. The van der Waals surface area contributed by atoms with Crippen LogP contribution in [-0.4, -0.2) is 10.9 Å². The van der Waals surface area contributed by atoms with Crippen molar-refractivity contribution in [1.82, 2.24) is 4.98 Å². The maximum Gasteiger partial charge on any atom is 0.227 e. The van der Waals surface area contributed by atoms with Crippen LogP contribution in [0.25, 0.3) is 0 Å². The molecular weight excluding hydrogens is 286 g/mol. The van der Waals surface area contributed by atoms with E-state index in [0.29, 0.717) is 10.8 Å². The summed E-state index contributed by atoms with van der Waals surface area (Å²) in [6.45, 7) is 1.95. The molecule has 2 aromatic rings. The van der Waals surface area contributed by atoms with E-state index in [2.05, 4.69) is 15.6 Å². The number of amides is 1. The smallest absolute Gasteiger partial charge is 0.227 e. The van der Waals surface area contributed by atoms with E-state index in [4.69, 9.17) is 11.6 Å². The van der Waals surface area contributed by atoms with E-state index in [1.54, 1.807) is 6.20 Å². The molecular formula is C16H16ClN3O. The van der Waals surface area contributed by atoms with Gasteiger partial charge in [0.25, 0.3) is 0 Å². The number of nitrogens with zero attached hydrogens (tertiary/aromatic N) is 1. The fraction of sp³-hybridized carbons (Fsp3) is 0.250. The van der Waals surface area contributed by atoms with E-state index in [1.165, 1.54) is 0 Å². The van der Waals surface area contributed by atoms with Gasteiger partial charge in [-0.2, -0.15) is 0 Å². The summed E-state index contributed by atoms with van der Waals surface area (Å²) in [5, 5.41) is 6.80. The van der Waals surface area contributed by atoms with E-state index in [0.717, 1.165) is 29.8 Å². The molecule has 1 aromatic heterocycles. The first-order chi connectivity index (χ1) is 10.1. The highest BCUT2D eigenvalue weighted by Crippen LogP contribution is 2.30. The van der Waals surface area contributed by atoms with Gasteiger partial charge in [0.1, 0.15) is 5.82 Å². The van der Waals surface area contributed by atoms with Gasteiger partial charge in [-0.15, -0.1) is 0 Å². The highest BCUT2D eigenvalue weighted by atomic mass is 35.5. The third-order valence-corrected chi connectivity index (χ3v) is 3.92. The topological polar surface area (TPSA) is 54.0 Å². The molecule has 21 heavy (non-hydrogen) atoms. The van der Waals surface area contributed by atoms with Crippen LogP contribution in [0.5, 0.6) is 0 Å². The van der Waals surface area contributed by atoms with Crippen molar-refractivity contribution in [3.63, 3.8) is 0 Å². The average molecular weight is 302 g/mol. The lowest BCUT2D eigenvalue weighted by Crippen LogP contribution is -2.13. The Kier molecular flexibility index (Phi) is 3.80. The molecule has 0 spiro atoms. The SMILES string of the molecule is Cc1c(Cl)cccc1Nc1ccc(NC(=O)C2CC2)cn1. The number of carbonyl (C=O) groups is 1. The van der Waals surface area contributed by atoms with Gasteiger partial charge in [0.2, 0.25) is 5.91 Å². The van der Waals surface area contributed by atoms with E-state index >= 15 is 0 Å². The summed E-state index contributed by atoms with van der Waals surface area (Å²) in [5.74, 6) is 0.991. The van der Waals surface area contributed by atoms with Crippen LogP contribution in [0.1, 0.15) is 18.4 Å². The lowest BCUT2D eigenvalue weighted by atomic mass is 10.2. The van der Waals surface area contributed by atoms with Crippen molar-refractivity contribution < 1.29 is 4.79 Å². The molecule has 4 nitrogen and oxygen atoms in total. The lowest BCUT2D eigenvalue weighted by molar-refractivity contribution is -0.117. The Morgan fingerprint density at radius 2 is 2.10 bits per heavy atom. The predicted octanol–water partition coefficient (Wildman–Crippen LogP) is 4.14. The van der Waals surface area contributed by atoms with E-state index in [9.17, 15) is 4.79 Å². The minimum absolute atomic E-state index is 0.0863. The molecule has 108 valence electrons. The molecule has 0 aliphatic heterocycles. The molecule has 1 amide bonds. The van der Waals surface area contributed by atoms with Gasteiger partial charge < -0.3 is 10.6 Å². The largest absolute Gasteiger partial charge is 0.340 e. The Morgan fingerprint density at radius 3 is 2.76 bits per heavy atom. The van der Waals surface area contributed by atoms with Crippen LogP contribution in [0.4, 0.5) is 17.2 Å². The van der Waals surface area contributed by atoms with Crippen molar-refractivity contribution in [1.29, 1.82) is 0 Å². The van der Waals surface area contributed by atoms with Gasteiger partial charge in [-0.05, 0) is 49.6 Å². The minimum Gasteiger partial charge on any atom is -0.340 e. The third-order valence-electron chi connectivity index (χ3n) is 3.51. The van der Waals surface area contributed by atoms with Crippen LogP contribution in [-0.2, 0) is 4.79 Å². The highest BCUT2D eigenvalue weighted by Gasteiger charge is 2.29. The summed E-state index contributed by atoms with van der Waals surface area (Å²) >= 11 is 6.09. The summed E-state index contributed by atoms with van der Waals surface area (Å²) in [4.78, 5) is 16.0. The second kappa shape index (κ2) is 5.74. The second-order valence-corrected chi connectivity index (χ2v) is 5.64. The quantitative estimate of drug-likeness (QED) is 0.892. The molecule has 1 aliphatic carbocycles. The zero-order valence-electron chi connectivity index (χ0n) is 11.7. The van der Waals surface area contributed by atoms with E-state index in [1.807, 2.05) is 37.3 Å². The Labute approximate surface area is 128 Å². The number of pyridine rings is 1. The van der Waals surface area contributed by atoms with Crippen molar-refractivity contribution in [2.24, 2.45) is 5.92 Å². The van der Waals surface area contributed by atoms with Gasteiger partial charge in [0.05, 0.1) is 11.9 Å². The first-order valence-electron chi connectivity index (χ1n) is 6.92. The molecule has 1 saturated carbocycles. The molecule has 0 atom stereocenters. The van der Waals surface area contributed by atoms with Crippen molar-refractivity contribution in [2.45, 2.75) is 19.8 Å². The highest BCUT2D eigenvalue weighted by molar-refractivity contribution is 6.31. The second-order valence-electron chi connectivity index (χ2n) is 5.23. The standard InChI is InChI=1S/C16H16ClN3O/c1-10-13(17)3-2-4-14(10)20-15-8-7-12(9-18-15)19-16(21)11-5-6-11/h2-4,7-9,11H,5-6H2,1H3,(H,18,20)(H,19,21). The maximum atomic E-state index is 11.7. The summed E-state index contributed by atoms with van der Waals surface area (Å²) < 4.78 is 0. The molecule has 5 heteroatoms. The van der Waals surface area contributed by atoms with Crippen molar-refractivity contribution >= 4 is 34.7 Å². The number of hydrogen-bond acceptors (Lipinski definition) is 3. The Balaban J connectivity index is 1.69. The zero-order chi connectivity index (χ0) is 14.8. The first-order valence-corrected chi connectivity index (χ1v) is 7.30. The molecule has 0 saturated heterocycles. The van der Waals surface area contributed by atoms with Crippen molar-refractivity contribution in [3.8, 4) is 0 Å². The first kappa shape index (κ1) is 13.9. The molecule has 2 N–H and O–H groups in total. The van der Waals surface area contributed by atoms with Crippen molar-refractivity contribution in [2.75, 3.05) is 10.6 Å². The number of hydrogen-bond donors (Lipinski definition) is 2. The summed E-state index contributed by atoms with van der Waals surface area (Å²) in [7, 11) is 0. The number of carbonyl (C=O) groups excluding carboxylic acids is 1. The number of anilines is 3. The van der Waals surface area contributed by atoms with Gasteiger partial charge >= 0.3 is 0 Å². The zero-order valence-corrected chi connectivity index (χ0v) is 12.4. The fourth-order valence-corrected chi connectivity index (χ4v) is 2.19. The van der Waals surface area contributed by atoms with Crippen LogP contribution < -0.4 is 10.6 Å². The van der Waals surface area contributed by atoms with Gasteiger partial charge in [-0.1, -0.05) is 17.7 Å². The molecule has 1 heterocycles. The van der Waals surface area contributed by atoms with Crippen LogP contribution in [0, 0.1) is 12.8 Å². The number of rotatable bonds is 4. The van der Waals surface area contributed by atoms with E-state index in [-0.39, 0.29) is 11.8 Å². The van der Waals surface area contributed by atoms with Gasteiger partial charge in [0, 0.05) is 16.6 Å². The van der Waals surface area contributed by atoms with Gasteiger partial charge in [0.15, 0.2) is 0 Å². The molecule has 0 unspecified atom stereocenters. The minimum atomic E-state index is 0.0863. The summed E-state index contributed by atoms with van der Waals surface area (Å²) in [5.41, 5.74) is 2.62. The van der Waals surface area contributed by atoms with Gasteiger partial charge in [-0.25, -0.2) is 4.98 Å². The average Bonchev–Trinajstić information content (AvgIpc) is 3.30. The van der Waals surface area contributed by atoms with Crippen LogP contribution in [0.3, 0.4) is 0 Å². The van der Waals surface area contributed by atoms with Crippen molar-refractivity contribution in [3.05, 3.63) is 47.1 Å². The monoisotopic (exact) mass is 301 g/mol. The lowest BCUT2D eigenvalue weighted by Gasteiger charge is -2.10. The number of nitrogens with one attached hydrogen (secondary N) is 2. The third kappa shape index (κ3) is 3.34. The van der Waals surface area contributed by atoms with Gasteiger partial charge in [-0.3, -0.25) is 4.79 Å². The molecule has 1 fully saturated rings. The number of halogens is 1. The van der Waals surface area contributed by atoms with Crippen LogP contribution in [0.2, 0.25) is 5.02 Å². The Bertz CT molecular complexity index is 666. The number of benzene rings is 1. The molecule has 3 rings (SSSR count). The molecule has 1 aromatic carbocycles. The molecule has 1 aliphatic rings. The molecule has 0 radical (unpaired) electrons. The predicted molar refractivity (Wildman–Crippen MR) is 85.1 cm³/mol. The Morgan fingerprint density at radius 1 is 1.29 bits per heavy atom. The fourth-order valence-electron chi connectivity index (χ4n) is 2.01. The van der Waals surface area contributed by atoms with E-state index < -0.39 is 0 Å². The molecule has 0 bridgehead atoms. The maximum absolute atomic E-state index is 11.7. The van der Waals surface area contributed by atoms with Crippen LogP contribution in [0.15, 0.2) is 36.5 Å². The van der Waals surface area contributed by atoms with Crippen LogP contribution >= 0.6 is 11.6 Å². The normalized spacial score (nSPS) is 13.8. The Hall–Kier alpha value is -2.07.